The molecule has 3 aromatic carbocycles. The predicted octanol–water partition coefficient (Wildman–Crippen LogP) is 5.78. The lowest BCUT2D eigenvalue weighted by Gasteiger charge is -2.32. The van der Waals surface area contributed by atoms with Crippen molar-refractivity contribution < 1.29 is 9.53 Å². The molecule has 0 unspecified atom stereocenters. The zero-order chi connectivity index (χ0) is 21.1. The number of para-hydroxylation sites is 1. The zero-order valence-corrected chi connectivity index (χ0v) is 18.4. The molecular weight excluding hydrogens is 442 g/mol. The number of halogens is 1. The Balaban J connectivity index is 1.84. The van der Waals surface area contributed by atoms with Crippen LogP contribution in [-0.4, -0.2) is 18.2 Å². The third kappa shape index (κ3) is 3.96. The molecule has 0 N–H and O–H groups in total. The maximum Gasteiger partial charge on any atom is 0.198 e. The highest BCUT2D eigenvalue weighted by atomic mass is 79.9. The lowest BCUT2D eigenvalue weighted by atomic mass is 10.1. The van der Waals surface area contributed by atoms with Gasteiger partial charge in [0.2, 0.25) is 0 Å². The van der Waals surface area contributed by atoms with Crippen LogP contribution < -0.4 is 14.6 Å². The number of nitrogens with zero attached hydrogens (tertiary/aromatic N) is 3. The summed E-state index contributed by atoms with van der Waals surface area (Å²) < 4.78 is 6.58. The molecule has 152 valence electrons. The molecule has 5 nitrogen and oxygen atoms in total. The van der Waals surface area contributed by atoms with E-state index in [1.54, 1.807) is 6.92 Å². The van der Waals surface area contributed by atoms with Gasteiger partial charge in [-0.2, -0.15) is 0 Å². The second kappa shape index (κ2) is 8.71. The van der Waals surface area contributed by atoms with E-state index in [0.717, 1.165) is 27.2 Å². The van der Waals surface area contributed by atoms with Gasteiger partial charge in [-0.25, -0.2) is 5.01 Å². The first-order chi connectivity index (χ1) is 14.6. The highest BCUT2D eigenvalue weighted by Crippen LogP contribution is 2.39. The van der Waals surface area contributed by atoms with Crippen LogP contribution in [0.15, 0.2) is 88.4 Å². The number of hydrogen-bond acceptors (Lipinski definition) is 5. The van der Waals surface area contributed by atoms with E-state index in [1.165, 1.54) is 0 Å². The second-order valence-electron chi connectivity index (χ2n) is 6.88. The molecule has 3 aromatic rings. The number of rotatable bonds is 6. The molecule has 1 aliphatic heterocycles. The fourth-order valence-electron chi connectivity index (χ4n) is 3.51. The topological polar surface area (TPSA) is 45.1 Å². The fraction of sp³-hybridized carbons (Fsp3) is 0.167. The number of ketones is 1. The van der Waals surface area contributed by atoms with E-state index in [9.17, 15) is 4.79 Å². The van der Waals surface area contributed by atoms with E-state index in [0.29, 0.717) is 12.4 Å². The number of Topliss-reactive ketones (excluding diaryl/α,β-unsaturated/α-hetero) is 1. The SMILES string of the molecule is CCOc1ccc(N2C(C(C)=O)=NN(c3ccccc3)[C@H]2c2ccc(Br)cc2)cc1. The molecule has 0 fully saturated rings. The maximum atomic E-state index is 12.6. The van der Waals surface area contributed by atoms with Gasteiger partial charge in [0.05, 0.1) is 12.3 Å². The van der Waals surface area contributed by atoms with Crippen LogP contribution >= 0.6 is 15.9 Å². The highest BCUT2D eigenvalue weighted by Gasteiger charge is 2.39. The average Bonchev–Trinajstić information content (AvgIpc) is 3.17. The monoisotopic (exact) mass is 463 g/mol. The first kappa shape index (κ1) is 20.2. The van der Waals surface area contributed by atoms with Gasteiger partial charge in [0.1, 0.15) is 5.75 Å². The Labute approximate surface area is 184 Å². The summed E-state index contributed by atoms with van der Waals surface area (Å²) in [7, 11) is 0. The highest BCUT2D eigenvalue weighted by molar-refractivity contribution is 9.10. The number of amidine groups is 1. The minimum atomic E-state index is -0.294. The molecule has 0 radical (unpaired) electrons. The van der Waals surface area contributed by atoms with E-state index in [1.807, 2.05) is 95.7 Å². The van der Waals surface area contributed by atoms with Crippen molar-refractivity contribution in [1.29, 1.82) is 0 Å². The molecule has 0 aromatic heterocycles. The van der Waals surface area contributed by atoms with Gasteiger partial charge < -0.3 is 4.74 Å². The van der Waals surface area contributed by atoms with Crippen LogP contribution in [0.2, 0.25) is 0 Å². The Morgan fingerprint density at radius 2 is 1.63 bits per heavy atom. The molecule has 30 heavy (non-hydrogen) atoms. The minimum Gasteiger partial charge on any atom is -0.494 e. The number of hydrazone groups is 1. The minimum absolute atomic E-state index is 0.0931. The number of benzene rings is 3. The van der Waals surface area contributed by atoms with Crippen molar-refractivity contribution in [2.24, 2.45) is 5.10 Å². The van der Waals surface area contributed by atoms with E-state index in [-0.39, 0.29) is 11.9 Å². The lowest BCUT2D eigenvalue weighted by molar-refractivity contribution is -0.111. The van der Waals surface area contributed by atoms with Crippen LogP contribution in [0.25, 0.3) is 0 Å². The Bertz CT molecular complexity index is 1050. The largest absolute Gasteiger partial charge is 0.494 e. The summed E-state index contributed by atoms with van der Waals surface area (Å²) in [5, 5.41) is 6.64. The molecule has 0 spiro atoms. The summed E-state index contributed by atoms with van der Waals surface area (Å²) in [4.78, 5) is 14.6. The third-order valence-electron chi connectivity index (χ3n) is 4.84. The van der Waals surface area contributed by atoms with E-state index < -0.39 is 0 Å². The number of anilines is 2. The van der Waals surface area contributed by atoms with Crippen molar-refractivity contribution in [3.8, 4) is 5.75 Å². The molecule has 0 saturated carbocycles. The molecule has 4 rings (SSSR count). The van der Waals surface area contributed by atoms with E-state index in [4.69, 9.17) is 9.84 Å². The Hall–Kier alpha value is -3.12. The Morgan fingerprint density at radius 3 is 2.23 bits per heavy atom. The van der Waals surface area contributed by atoms with Crippen molar-refractivity contribution in [3.63, 3.8) is 0 Å². The number of carbonyl (C=O) groups excluding carboxylic acids is 1. The number of hydrogen-bond donors (Lipinski definition) is 0. The molecule has 1 atom stereocenters. The fourth-order valence-corrected chi connectivity index (χ4v) is 3.77. The summed E-state index contributed by atoms with van der Waals surface area (Å²) in [5.74, 6) is 1.10. The molecule has 6 heteroatoms. The van der Waals surface area contributed by atoms with Crippen molar-refractivity contribution in [2.75, 3.05) is 16.5 Å². The van der Waals surface area contributed by atoms with Crippen molar-refractivity contribution >= 4 is 38.9 Å². The van der Waals surface area contributed by atoms with Gasteiger partial charge in [-0.05, 0) is 61.0 Å². The van der Waals surface area contributed by atoms with Crippen LogP contribution in [0.4, 0.5) is 11.4 Å². The van der Waals surface area contributed by atoms with Gasteiger partial charge >= 0.3 is 0 Å². The van der Waals surface area contributed by atoms with E-state index in [2.05, 4.69) is 15.9 Å². The molecule has 0 aliphatic carbocycles. The zero-order valence-electron chi connectivity index (χ0n) is 16.8. The van der Waals surface area contributed by atoms with Crippen molar-refractivity contribution in [3.05, 3.63) is 88.9 Å². The first-order valence-corrected chi connectivity index (χ1v) is 10.6. The van der Waals surface area contributed by atoms with Gasteiger partial charge in [0.25, 0.3) is 0 Å². The molecular formula is C24H22BrN3O2. The maximum absolute atomic E-state index is 12.6. The van der Waals surface area contributed by atoms with Gasteiger partial charge in [0.15, 0.2) is 17.8 Å². The summed E-state index contributed by atoms with van der Waals surface area (Å²) in [6.07, 6.45) is -0.294. The third-order valence-corrected chi connectivity index (χ3v) is 5.37. The normalized spacial score (nSPS) is 15.8. The standard InChI is InChI=1S/C24H22BrN3O2/c1-3-30-22-15-13-20(14-16-22)27-23(17(2)29)26-28(21-7-5-4-6-8-21)24(27)18-9-11-19(25)12-10-18/h4-16,24H,3H2,1-2H3/t24-/m0/s1. The summed E-state index contributed by atoms with van der Waals surface area (Å²) >= 11 is 3.51. The van der Waals surface area contributed by atoms with Crippen LogP contribution in [0.5, 0.6) is 5.75 Å². The van der Waals surface area contributed by atoms with Crippen LogP contribution in [0.1, 0.15) is 25.6 Å². The van der Waals surface area contributed by atoms with Crippen LogP contribution in [0, 0.1) is 0 Å². The van der Waals surface area contributed by atoms with E-state index >= 15 is 0 Å². The summed E-state index contributed by atoms with van der Waals surface area (Å²) in [6.45, 7) is 4.11. The molecule has 1 heterocycles. The van der Waals surface area contributed by atoms with Gasteiger partial charge in [-0.1, -0.05) is 46.3 Å². The summed E-state index contributed by atoms with van der Waals surface area (Å²) in [5.41, 5.74) is 2.81. The lowest BCUT2D eigenvalue weighted by Crippen LogP contribution is -2.37. The molecule has 0 amide bonds. The number of carbonyl (C=O) groups is 1. The molecule has 0 bridgehead atoms. The Kier molecular flexibility index (Phi) is 5.86. The van der Waals surface area contributed by atoms with Gasteiger partial charge in [-0.15, -0.1) is 5.10 Å². The van der Waals surface area contributed by atoms with Gasteiger partial charge in [-0.3, -0.25) is 9.69 Å². The van der Waals surface area contributed by atoms with Gasteiger partial charge in [0, 0.05) is 17.1 Å². The van der Waals surface area contributed by atoms with Crippen molar-refractivity contribution in [2.45, 2.75) is 20.0 Å². The quantitative estimate of drug-likeness (QED) is 0.464. The molecule has 0 saturated heterocycles. The first-order valence-electron chi connectivity index (χ1n) is 9.80. The van der Waals surface area contributed by atoms with Crippen LogP contribution in [-0.2, 0) is 4.79 Å². The van der Waals surface area contributed by atoms with Crippen LogP contribution in [0.3, 0.4) is 0 Å². The smallest absolute Gasteiger partial charge is 0.198 e. The Morgan fingerprint density at radius 1 is 0.967 bits per heavy atom. The predicted molar refractivity (Wildman–Crippen MR) is 124 cm³/mol. The second-order valence-corrected chi connectivity index (χ2v) is 7.80. The summed E-state index contributed by atoms with van der Waals surface area (Å²) in [6, 6.07) is 25.7. The van der Waals surface area contributed by atoms with Crippen molar-refractivity contribution in [1.82, 2.24) is 0 Å². The average molecular weight is 464 g/mol. The number of ether oxygens (including phenoxy) is 1. The molecule has 1 aliphatic rings.